The molecule has 90 valence electrons. The molecule has 0 saturated carbocycles. The Morgan fingerprint density at radius 2 is 1.94 bits per heavy atom. The van der Waals surface area contributed by atoms with Crippen molar-refractivity contribution >= 4 is 38.9 Å². The number of rotatable bonds is 2. The molecule has 0 amide bonds. The number of nitriles is 1. The number of halogens is 2. The van der Waals surface area contributed by atoms with Crippen molar-refractivity contribution in [3.63, 3.8) is 0 Å². The van der Waals surface area contributed by atoms with Gasteiger partial charge in [-0.15, -0.1) is 0 Å². The van der Waals surface area contributed by atoms with Crippen LogP contribution >= 0.6 is 27.5 Å². The van der Waals surface area contributed by atoms with E-state index < -0.39 is 0 Å². The molecule has 0 aliphatic carbocycles. The average molecular weight is 322 g/mol. The van der Waals surface area contributed by atoms with Gasteiger partial charge in [-0.05, 0) is 58.7 Å². The van der Waals surface area contributed by atoms with Crippen LogP contribution in [0, 0.1) is 18.3 Å². The summed E-state index contributed by atoms with van der Waals surface area (Å²) in [6, 6.07) is 13.3. The Bertz CT molecular complexity index is 632. The van der Waals surface area contributed by atoms with Gasteiger partial charge in [0.05, 0.1) is 16.9 Å². The molecule has 2 rings (SSSR count). The maximum absolute atomic E-state index is 9.06. The Morgan fingerprint density at radius 1 is 1.17 bits per heavy atom. The SMILES string of the molecule is Cc1ccc(Nc2cc(Cl)ccc2C#N)c(Br)c1. The van der Waals surface area contributed by atoms with Crippen LogP contribution in [0.15, 0.2) is 40.9 Å². The summed E-state index contributed by atoms with van der Waals surface area (Å²) < 4.78 is 0.950. The molecule has 0 radical (unpaired) electrons. The van der Waals surface area contributed by atoms with Crippen LogP contribution in [0.4, 0.5) is 11.4 Å². The summed E-state index contributed by atoms with van der Waals surface area (Å²) in [7, 11) is 0. The zero-order valence-electron chi connectivity index (χ0n) is 9.67. The van der Waals surface area contributed by atoms with Crippen LogP contribution in [0.3, 0.4) is 0 Å². The third-order valence-electron chi connectivity index (χ3n) is 2.50. The van der Waals surface area contributed by atoms with E-state index in [2.05, 4.69) is 27.3 Å². The molecular weight excluding hydrogens is 312 g/mol. The van der Waals surface area contributed by atoms with Gasteiger partial charge < -0.3 is 5.32 Å². The summed E-state index contributed by atoms with van der Waals surface area (Å²) in [5.41, 5.74) is 3.33. The topological polar surface area (TPSA) is 35.8 Å². The zero-order chi connectivity index (χ0) is 13.1. The van der Waals surface area contributed by atoms with Gasteiger partial charge in [0.15, 0.2) is 0 Å². The van der Waals surface area contributed by atoms with Crippen molar-refractivity contribution in [3.8, 4) is 6.07 Å². The van der Waals surface area contributed by atoms with Crippen LogP contribution in [-0.2, 0) is 0 Å². The van der Waals surface area contributed by atoms with Crippen LogP contribution in [-0.4, -0.2) is 0 Å². The van der Waals surface area contributed by atoms with Gasteiger partial charge in [0.1, 0.15) is 6.07 Å². The van der Waals surface area contributed by atoms with Gasteiger partial charge in [-0.2, -0.15) is 5.26 Å². The first-order chi connectivity index (χ1) is 8.60. The van der Waals surface area contributed by atoms with Crippen LogP contribution in [0.25, 0.3) is 0 Å². The third-order valence-corrected chi connectivity index (χ3v) is 3.39. The fourth-order valence-electron chi connectivity index (χ4n) is 1.58. The summed E-state index contributed by atoms with van der Waals surface area (Å²) in [6.07, 6.45) is 0. The van der Waals surface area contributed by atoms with E-state index in [4.69, 9.17) is 16.9 Å². The molecule has 2 aromatic carbocycles. The highest BCUT2D eigenvalue weighted by Gasteiger charge is 2.06. The Labute approximate surface area is 119 Å². The summed E-state index contributed by atoms with van der Waals surface area (Å²) in [6.45, 7) is 2.02. The Hall–Kier alpha value is -1.50. The van der Waals surface area contributed by atoms with E-state index in [-0.39, 0.29) is 0 Å². The molecule has 4 heteroatoms. The molecule has 0 heterocycles. The molecular formula is C14H10BrClN2. The van der Waals surface area contributed by atoms with Crippen molar-refractivity contribution in [2.45, 2.75) is 6.92 Å². The zero-order valence-corrected chi connectivity index (χ0v) is 12.0. The van der Waals surface area contributed by atoms with Crippen molar-refractivity contribution in [1.29, 1.82) is 5.26 Å². The number of nitrogens with one attached hydrogen (secondary N) is 1. The van der Waals surface area contributed by atoms with Crippen LogP contribution < -0.4 is 5.32 Å². The van der Waals surface area contributed by atoms with Gasteiger partial charge in [-0.3, -0.25) is 0 Å². The Balaban J connectivity index is 2.40. The molecule has 2 nitrogen and oxygen atoms in total. The maximum Gasteiger partial charge on any atom is 0.101 e. The minimum absolute atomic E-state index is 0.562. The monoisotopic (exact) mass is 320 g/mol. The predicted octanol–water partition coefficient (Wildman–Crippen LogP) is 5.03. The maximum atomic E-state index is 9.06. The quantitative estimate of drug-likeness (QED) is 0.842. The molecule has 1 N–H and O–H groups in total. The van der Waals surface area contributed by atoms with E-state index in [9.17, 15) is 0 Å². The highest BCUT2D eigenvalue weighted by Crippen LogP contribution is 2.29. The van der Waals surface area contributed by atoms with Crippen LogP contribution in [0.1, 0.15) is 11.1 Å². The predicted molar refractivity (Wildman–Crippen MR) is 78.3 cm³/mol. The van der Waals surface area contributed by atoms with Gasteiger partial charge in [-0.25, -0.2) is 0 Å². The highest BCUT2D eigenvalue weighted by atomic mass is 79.9. The number of anilines is 2. The molecule has 0 atom stereocenters. The lowest BCUT2D eigenvalue weighted by atomic mass is 10.1. The largest absolute Gasteiger partial charge is 0.353 e. The second kappa shape index (κ2) is 5.43. The Morgan fingerprint density at radius 3 is 2.61 bits per heavy atom. The van der Waals surface area contributed by atoms with E-state index in [0.29, 0.717) is 16.3 Å². The van der Waals surface area contributed by atoms with Gasteiger partial charge in [-0.1, -0.05) is 17.7 Å². The van der Waals surface area contributed by atoms with E-state index >= 15 is 0 Å². The first-order valence-electron chi connectivity index (χ1n) is 5.33. The molecule has 2 aromatic rings. The lowest BCUT2D eigenvalue weighted by Gasteiger charge is -2.11. The molecule has 0 unspecified atom stereocenters. The van der Waals surface area contributed by atoms with Gasteiger partial charge in [0.2, 0.25) is 0 Å². The van der Waals surface area contributed by atoms with Crippen molar-refractivity contribution < 1.29 is 0 Å². The first-order valence-corrected chi connectivity index (χ1v) is 6.50. The fourth-order valence-corrected chi connectivity index (χ4v) is 2.35. The number of hydrogen-bond donors (Lipinski definition) is 1. The van der Waals surface area contributed by atoms with E-state index in [0.717, 1.165) is 10.2 Å². The number of aryl methyl sites for hydroxylation is 1. The first kappa shape index (κ1) is 12.9. The molecule has 18 heavy (non-hydrogen) atoms. The van der Waals surface area contributed by atoms with Crippen LogP contribution in [0.2, 0.25) is 5.02 Å². The van der Waals surface area contributed by atoms with E-state index in [1.54, 1.807) is 18.2 Å². The molecule has 0 bridgehead atoms. The lowest BCUT2D eigenvalue weighted by Crippen LogP contribution is -1.94. The summed E-state index contributed by atoms with van der Waals surface area (Å²) in [5.74, 6) is 0. The molecule has 0 aliphatic rings. The van der Waals surface area contributed by atoms with Gasteiger partial charge in [0, 0.05) is 9.50 Å². The second-order valence-corrected chi connectivity index (χ2v) is 5.20. The summed E-state index contributed by atoms with van der Waals surface area (Å²) in [5, 5.41) is 12.9. The van der Waals surface area contributed by atoms with Gasteiger partial charge in [0.25, 0.3) is 0 Å². The second-order valence-electron chi connectivity index (χ2n) is 3.91. The average Bonchev–Trinajstić information content (AvgIpc) is 2.33. The molecule has 0 aliphatic heterocycles. The number of nitrogens with zero attached hydrogens (tertiary/aromatic N) is 1. The normalized spacial score (nSPS) is 9.89. The Kier molecular flexibility index (Phi) is 3.90. The fraction of sp³-hybridized carbons (Fsp3) is 0.0714. The van der Waals surface area contributed by atoms with Crippen LogP contribution in [0.5, 0.6) is 0 Å². The van der Waals surface area contributed by atoms with Crippen molar-refractivity contribution in [1.82, 2.24) is 0 Å². The van der Waals surface area contributed by atoms with Crippen molar-refractivity contribution in [2.24, 2.45) is 0 Å². The molecule has 0 aromatic heterocycles. The van der Waals surface area contributed by atoms with Crippen molar-refractivity contribution in [3.05, 3.63) is 57.0 Å². The van der Waals surface area contributed by atoms with Gasteiger partial charge >= 0.3 is 0 Å². The molecule has 0 spiro atoms. The van der Waals surface area contributed by atoms with E-state index in [1.807, 2.05) is 25.1 Å². The molecule has 0 fully saturated rings. The number of hydrogen-bond acceptors (Lipinski definition) is 2. The minimum Gasteiger partial charge on any atom is -0.353 e. The minimum atomic E-state index is 0.562. The lowest BCUT2D eigenvalue weighted by molar-refractivity contribution is 1.42. The summed E-state index contributed by atoms with van der Waals surface area (Å²) in [4.78, 5) is 0. The highest BCUT2D eigenvalue weighted by molar-refractivity contribution is 9.10. The third kappa shape index (κ3) is 2.84. The smallest absolute Gasteiger partial charge is 0.101 e. The number of benzene rings is 2. The summed E-state index contributed by atoms with van der Waals surface area (Å²) >= 11 is 9.44. The standard InChI is InChI=1S/C14H10BrClN2/c1-9-2-5-13(12(15)6-9)18-14-7-11(16)4-3-10(14)8-17/h2-7,18H,1H3. The van der Waals surface area contributed by atoms with E-state index in [1.165, 1.54) is 5.56 Å². The molecule has 0 saturated heterocycles. The van der Waals surface area contributed by atoms with Crippen molar-refractivity contribution in [2.75, 3.05) is 5.32 Å².